The fourth-order valence-corrected chi connectivity index (χ4v) is 2.72. The van der Waals surface area contributed by atoms with Gasteiger partial charge in [0.2, 0.25) is 0 Å². The van der Waals surface area contributed by atoms with E-state index in [1.54, 1.807) is 0 Å². The van der Waals surface area contributed by atoms with Crippen molar-refractivity contribution >= 4 is 43.5 Å². The van der Waals surface area contributed by atoms with Gasteiger partial charge in [0.1, 0.15) is 5.82 Å². The van der Waals surface area contributed by atoms with Crippen LogP contribution in [0, 0.1) is 5.82 Å². The second-order valence-corrected chi connectivity index (χ2v) is 5.88. The highest BCUT2D eigenvalue weighted by atomic mass is 79.9. The highest BCUT2D eigenvalue weighted by Crippen LogP contribution is 2.33. The Balaban J connectivity index is 2.36. The van der Waals surface area contributed by atoms with Crippen LogP contribution in [-0.2, 0) is 0 Å². The van der Waals surface area contributed by atoms with Gasteiger partial charge in [-0.05, 0) is 41.5 Å². The first kappa shape index (κ1) is 13.1. The lowest BCUT2D eigenvalue weighted by Crippen LogP contribution is -1.93. The Hall–Kier alpha value is -0.380. The van der Waals surface area contributed by atoms with Crippen LogP contribution in [0.5, 0.6) is 0 Å². The molecule has 4 heteroatoms. The van der Waals surface area contributed by atoms with Gasteiger partial charge in [-0.25, -0.2) is 4.39 Å². The van der Waals surface area contributed by atoms with Crippen LogP contribution >= 0.6 is 43.5 Å². The van der Waals surface area contributed by atoms with Gasteiger partial charge in [-0.15, -0.1) is 0 Å². The van der Waals surface area contributed by atoms with E-state index in [1.165, 1.54) is 12.1 Å². The molecule has 1 unspecified atom stereocenters. The van der Waals surface area contributed by atoms with Crippen LogP contribution in [0.4, 0.5) is 4.39 Å². The molecule has 88 valence electrons. The van der Waals surface area contributed by atoms with E-state index in [0.717, 1.165) is 15.6 Å². The van der Waals surface area contributed by atoms with Gasteiger partial charge in [0.15, 0.2) is 0 Å². The molecule has 0 saturated carbocycles. The van der Waals surface area contributed by atoms with E-state index < -0.39 is 0 Å². The lowest BCUT2D eigenvalue weighted by Gasteiger charge is -2.11. The number of benzene rings is 2. The number of halogens is 4. The molecule has 0 heterocycles. The van der Waals surface area contributed by atoms with Gasteiger partial charge in [-0.1, -0.05) is 55.6 Å². The minimum atomic E-state index is -0.257. The monoisotopic (exact) mass is 376 g/mol. The topological polar surface area (TPSA) is 0 Å². The Bertz CT molecular complexity index is 505. The van der Waals surface area contributed by atoms with E-state index in [0.29, 0.717) is 5.02 Å². The Morgan fingerprint density at radius 2 is 1.65 bits per heavy atom. The quantitative estimate of drug-likeness (QED) is 0.586. The number of alkyl halides is 1. The Labute approximate surface area is 121 Å². The third kappa shape index (κ3) is 3.30. The van der Waals surface area contributed by atoms with Crippen LogP contribution in [0.2, 0.25) is 5.02 Å². The van der Waals surface area contributed by atoms with Crippen LogP contribution < -0.4 is 0 Å². The molecule has 0 amide bonds. The third-order valence-corrected chi connectivity index (χ3v) is 4.11. The highest BCUT2D eigenvalue weighted by molar-refractivity contribution is 9.10. The van der Waals surface area contributed by atoms with Crippen molar-refractivity contribution in [2.45, 2.75) is 4.83 Å². The smallest absolute Gasteiger partial charge is 0.124 e. The molecule has 0 saturated heterocycles. The molecular formula is C13H8Br2ClF. The van der Waals surface area contributed by atoms with Gasteiger partial charge in [0.05, 0.1) is 4.83 Å². The zero-order chi connectivity index (χ0) is 12.4. The van der Waals surface area contributed by atoms with Crippen LogP contribution in [0.15, 0.2) is 46.9 Å². The van der Waals surface area contributed by atoms with E-state index in [4.69, 9.17) is 11.6 Å². The van der Waals surface area contributed by atoms with Crippen molar-refractivity contribution in [3.63, 3.8) is 0 Å². The first-order chi connectivity index (χ1) is 8.06. The molecule has 0 aromatic heterocycles. The van der Waals surface area contributed by atoms with Crippen molar-refractivity contribution in [3.8, 4) is 0 Å². The minimum Gasteiger partial charge on any atom is -0.207 e. The molecule has 0 fully saturated rings. The van der Waals surface area contributed by atoms with Crippen molar-refractivity contribution in [1.82, 2.24) is 0 Å². The summed E-state index contributed by atoms with van der Waals surface area (Å²) in [6, 6.07) is 12.3. The summed E-state index contributed by atoms with van der Waals surface area (Å²) in [6.07, 6.45) is 0. The molecule has 0 aliphatic heterocycles. The first-order valence-electron chi connectivity index (χ1n) is 4.92. The van der Waals surface area contributed by atoms with E-state index in [9.17, 15) is 4.39 Å². The second kappa shape index (κ2) is 5.51. The van der Waals surface area contributed by atoms with Crippen molar-refractivity contribution in [2.24, 2.45) is 0 Å². The zero-order valence-corrected chi connectivity index (χ0v) is 12.6. The van der Waals surface area contributed by atoms with Crippen molar-refractivity contribution in [1.29, 1.82) is 0 Å². The predicted molar refractivity (Wildman–Crippen MR) is 76.3 cm³/mol. The minimum absolute atomic E-state index is 0.0493. The number of hydrogen-bond donors (Lipinski definition) is 0. The standard InChI is InChI=1S/C13H8Br2ClF/c14-10-5-9(6-12(17)7-10)13(15)8-1-3-11(16)4-2-8/h1-7,13H. The summed E-state index contributed by atoms with van der Waals surface area (Å²) in [5.41, 5.74) is 1.89. The maximum Gasteiger partial charge on any atom is 0.124 e. The largest absolute Gasteiger partial charge is 0.207 e. The molecule has 0 radical (unpaired) electrons. The maximum atomic E-state index is 13.3. The van der Waals surface area contributed by atoms with Gasteiger partial charge in [-0.2, -0.15) is 0 Å². The summed E-state index contributed by atoms with van der Waals surface area (Å²) < 4.78 is 14.0. The van der Waals surface area contributed by atoms with Gasteiger partial charge >= 0.3 is 0 Å². The van der Waals surface area contributed by atoms with E-state index in [-0.39, 0.29) is 10.6 Å². The summed E-state index contributed by atoms with van der Waals surface area (Å²) >= 11 is 12.7. The maximum absolute atomic E-state index is 13.3. The van der Waals surface area contributed by atoms with Gasteiger partial charge in [0.25, 0.3) is 0 Å². The van der Waals surface area contributed by atoms with E-state index in [1.807, 2.05) is 30.3 Å². The Kier molecular flexibility index (Phi) is 4.23. The first-order valence-corrected chi connectivity index (χ1v) is 7.00. The number of rotatable bonds is 2. The van der Waals surface area contributed by atoms with Crippen LogP contribution in [-0.4, -0.2) is 0 Å². The fourth-order valence-electron chi connectivity index (χ4n) is 1.55. The number of hydrogen-bond acceptors (Lipinski definition) is 0. The fraction of sp³-hybridized carbons (Fsp3) is 0.0769. The summed E-state index contributed by atoms with van der Waals surface area (Å²) in [5.74, 6) is -0.257. The van der Waals surface area contributed by atoms with E-state index in [2.05, 4.69) is 31.9 Å². The molecule has 0 N–H and O–H groups in total. The molecular weight excluding hydrogens is 370 g/mol. The normalized spacial score (nSPS) is 12.5. The van der Waals surface area contributed by atoms with Gasteiger partial charge < -0.3 is 0 Å². The van der Waals surface area contributed by atoms with Gasteiger partial charge in [0, 0.05) is 9.50 Å². The van der Waals surface area contributed by atoms with Crippen LogP contribution in [0.1, 0.15) is 16.0 Å². The molecule has 0 bridgehead atoms. The zero-order valence-electron chi connectivity index (χ0n) is 8.63. The SMILES string of the molecule is Fc1cc(Br)cc(C(Br)c2ccc(Cl)cc2)c1. The third-order valence-electron chi connectivity index (χ3n) is 2.34. The Morgan fingerprint density at radius 3 is 2.24 bits per heavy atom. The average Bonchev–Trinajstić information content (AvgIpc) is 2.28. The predicted octanol–water partition coefficient (Wildman–Crippen LogP) is 5.73. The molecule has 1 atom stereocenters. The summed E-state index contributed by atoms with van der Waals surface area (Å²) in [5, 5.41) is 0.689. The summed E-state index contributed by atoms with van der Waals surface area (Å²) in [7, 11) is 0. The molecule has 2 aromatic carbocycles. The average molecular weight is 378 g/mol. The summed E-state index contributed by atoms with van der Waals surface area (Å²) in [4.78, 5) is -0.0493. The van der Waals surface area contributed by atoms with Crippen LogP contribution in [0.25, 0.3) is 0 Å². The highest BCUT2D eigenvalue weighted by Gasteiger charge is 2.11. The molecule has 0 spiro atoms. The van der Waals surface area contributed by atoms with Crippen molar-refractivity contribution < 1.29 is 4.39 Å². The Morgan fingerprint density at radius 1 is 1.00 bits per heavy atom. The molecule has 0 aliphatic rings. The van der Waals surface area contributed by atoms with Crippen molar-refractivity contribution in [3.05, 3.63) is 68.9 Å². The van der Waals surface area contributed by atoms with E-state index >= 15 is 0 Å². The lowest BCUT2D eigenvalue weighted by atomic mass is 10.1. The summed E-state index contributed by atoms with van der Waals surface area (Å²) in [6.45, 7) is 0. The van der Waals surface area contributed by atoms with Crippen molar-refractivity contribution in [2.75, 3.05) is 0 Å². The molecule has 0 nitrogen and oxygen atoms in total. The van der Waals surface area contributed by atoms with Crippen LogP contribution in [0.3, 0.4) is 0 Å². The molecule has 17 heavy (non-hydrogen) atoms. The second-order valence-electron chi connectivity index (χ2n) is 3.62. The lowest BCUT2D eigenvalue weighted by molar-refractivity contribution is 0.625. The molecule has 2 rings (SSSR count). The van der Waals surface area contributed by atoms with Gasteiger partial charge in [-0.3, -0.25) is 0 Å². The molecule has 2 aromatic rings. The molecule has 0 aliphatic carbocycles.